The van der Waals surface area contributed by atoms with Gasteiger partial charge in [0.2, 0.25) is 0 Å². The number of methoxy groups -OCH3 is 1. The molecule has 0 fully saturated rings. The molecule has 1 aromatic carbocycles. The van der Waals surface area contributed by atoms with E-state index in [0.29, 0.717) is 5.76 Å². The molecule has 0 saturated carbocycles. The summed E-state index contributed by atoms with van der Waals surface area (Å²) in [4.78, 5) is 11.7. The summed E-state index contributed by atoms with van der Waals surface area (Å²) >= 11 is 0. The monoisotopic (exact) mass is 260 g/mol. The second-order valence-corrected chi connectivity index (χ2v) is 4.43. The lowest BCUT2D eigenvalue weighted by atomic mass is 10.1. The third kappa shape index (κ3) is 3.13. The van der Waals surface area contributed by atoms with Crippen LogP contribution in [0, 0.1) is 0 Å². The van der Waals surface area contributed by atoms with Gasteiger partial charge in [-0.3, -0.25) is 4.79 Å². The van der Waals surface area contributed by atoms with Crippen molar-refractivity contribution in [3.63, 3.8) is 0 Å². The molecule has 0 unspecified atom stereocenters. The normalized spacial score (nSPS) is 10.5. The molecule has 0 aliphatic heterocycles. The number of amides is 1. The SMILES string of the molecule is COc1ccc(-c2cc(C(=O)NC(C)C)no2)cc1. The van der Waals surface area contributed by atoms with Gasteiger partial charge in [-0.15, -0.1) is 0 Å². The van der Waals surface area contributed by atoms with Gasteiger partial charge in [-0.05, 0) is 38.1 Å². The fraction of sp³-hybridized carbons (Fsp3) is 0.286. The maximum absolute atomic E-state index is 11.7. The number of benzene rings is 1. The number of rotatable bonds is 4. The van der Waals surface area contributed by atoms with Crippen LogP contribution in [0.4, 0.5) is 0 Å². The zero-order valence-electron chi connectivity index (χ0n) is 11.1. The third-order valence-corrected chi connectivity index (χ3v) is 2.54. The second kappa shape index (κ2) is 5.56. The van der Waals surface area contributed by atoms with Crippen LogP contribution in [0.3, 0.4) is 0 Å². The van der Waals surface area contributed by atoms with E-state index in [9.17, 15) is 4.79 Å². The van der Waals surface area contributed by atoms with E-state index in [-0.39, 0.29) is 17.6 Å². The van der Waals surface area contributed by atoms with E-state index >= 15 is 0 Å². The molecular formula is C14H16N2O3. The minimum absolute atomic E-state index is 0.0636. The Morgan fingerprint density at radius 2 is 2.00 bits per heavy atom. The molecule has 2 rings (SSSR count). The van der Waals surface area contributed by atoms with Crippen LogP contribution < -0.4 is 10.1 Å². The molecule has 0 aliphatic rings. The fourth-order valence-electron chi connectivity index (χ4n) is 1.61. The number of carbonyl (C=O) groups is 1. The van der Waals surface area contributed by atoms with Crippen molar-refractivity contribution in [1.82, 2.24) is 10.5 Å². The van der Waals surface area contributed by atoms with E-state index < -0.39 is 0 Å². The fourth-order valence-corrected chi connectivity index (χ4v) is 1.61. The number of nitrogens with one attached hydrogen (secondary N) is 1. The van der Waals surface area contributed by atoms with E-state index in [1.807, 2.05) is 38.1 Å². The topological polar surface area (TPSA) is 64.4 Å². The zero-order valence-corrected chi connectivity index (χ0v) is 11.1. The highest BCUT2D eigenvalue weighted by molar-refractivity contribution is 5.93. The molecule has 1 N–H and O–H groups in total. The Balaban J connectivity index is 2.18. The van der Waals surface area contributed by atoms with Gasteiger partial charge in [-0.2, -0.15) is 0 Å². The lowest BCUT2D eigenvalue weighted by Gasteiger charge is -2.04. The Bertz CT molecular complexity index is 558. The van der Waals surface area contributed by atoms with Crippen molar-refractivity contribution in [3.8, 4) is 17.1 Å². The molecule has 0 bridgehead atoms. The average molecular weight is 260 g/mol. The van der Waals surface area contributed by atoms with Gasteiger partial charge in [0, 0.05) is 17.7 Å². The van der Waals surface area contributed by atoms with Crippen LogP contribution in [0.1, 0.15) is 24.3 Å². The molecule has 19 heavy (non-hydrogen) atoms. The van der Waals surface area contributed by atoms with Gasteiger partial charge in [0.1, 0.15) is 5.75 Å². The molecule has 1 heterocycles. The zero-order chi connectivity index (χ0) is 13.8. The van der Waals surface area contributed by atoms with Gasteiger partial charge >= 0.3 is 0 Å². The Morgan fingerprint density at radius 3 is 2.58 bits per heavy atom. The predicted molar refractivity (Wildman–Crippen MR) is 71.1 cm³/mol. The predicted octanol–water partition coefficient (Wildman–Crippen LogP) is 2.49. The summed E-state index contributed by atoms with van der Waals surface area (Å²) in [6.45, 7) is 3.78. The first-order valence-electron chi connectivity index (χ1n) is 6.02. The van der Waals surface area contributed by atoms with Crippen LogP contribution in [0.15, 0.2) is 34.9 Å². The molecule has 5 nitrogen and oxygen atoms in total. The number of hydrogen-bond donors (Lipinski definition) is 1. The van der Waals surface area contributed by atoms with Gasteiger partial charge in [0.15, 0.2) is 11.5 Å². The summed E-state index contributed by atoms with van der Waals surface area (Å²) in [7, 11) is 1.61. The standard InChI is InChI=1S/C14H16N2O3/c1-9(2)15-14(17)12-8-13(19-16-12)10-4-6-11(18-3)7-5-10/h4-9H,1-3H3,(H,15,17). The first kappa shape index (κ1) is 13.1. The molecule has 0 spiro atoms. The van der Waals surface area contributed by atoms with E-state index in [1.165, 1.54) is 0 Å². The summed E-state index contributed by atoms with van der Waals surface area (Å²) in [6, 6.07) is 9.04. The lowest BCUT2D eigenvalue weighted by molar-refractivity contribution is 0.0934. The maximum atomic E-state index is 11.7. The highest BCUT2D eigenvalue weighted by atomic mass is 16.5. The second-order valence-electron chi connectivity index (χ2n) is 4.43. The number of aromatic nitrogens is 1. The Kier molecular flexibility index (Phi) is 3.85. The molecule has 0 radical (unpaired) electrons. The van der Waals surface area contributed by atoms with Crippen molar-refractivity contribution in [2.75, 3.05) is 7.11 Å². The summed E-state index contributed by atoms with van der Waals surface area (Å²) in [6.07, 6.45) is 0. The number of ether oxygens (including phenoxy) is 1. The molecule has 2 aromatic rings. The van der Waals surface area contributed by atoms with E-state index in [0.717, 1.165) is 11.3 Å². The van der Waals surface area contributed by atoms with Crippen LogP contribution in [0.5, 0.6) is 5.75 Å². The Morgan fingerprint density at radius 1 is 1.32 bits per heavy atom. The van der Waals surface area contributed by atoms with Gasteiger partial charge in [-0.25, -0.2) is 0 Å². The van der Waals surface area contributed by atoms with E-state index in [2.05, 4.69) is 10.5 Å². The van der Waals surface area contributed by atoms with Crippen molar-refractivity contribution >= 4 is 5.91 Å². The summed E-state index contributed by atoms with van der Waals surface area (Å²) < 4.78 is 10.3. The van der Waals surface area contributed by atoms with Crippen molar-refractivity contribution < 1.29 is 14.1 Å². The van der Waals surface area contributed by atoms with Gasteiger partial charge in [0.25, 0.3) is 5.91 Å². The van der Waals surface area contributed by atoms with Gasteiger partial charge < -0.3 is 14.6 Å². The smallest absolute Gasteiger partial charge is 0.273 e. The highest BCUT2D eigenvalue weighted by Gasteiger charge is 2.14. The minimum atomic E-state index is -0.237. The highest BCUT2D eigenvalue weighted by Crippen LogP contribution is 2.23. The van der Waals surface area contributed by atoms with Crippen molar-refractivity contribution in [1.29, 1.82) is 0 Å². The van der Waals surface area contributed by atoms with Crippen molar-refractivity contribution in [2.24, 2.45) is 0 Å². The van der Waals surface area contributed by atoms with Crippen LogP contribution in [0.25, 0.3) is 11.3 Å². The first-order valence-corrected chi connectivity index (χ1v) is 6.02. The maximum Gasteiger partial charge on any atom is 0.273 e. The number of nitrogens with zero attached hydrogens (tertiary/aromatic N) is 1. The van der Waals surface area contributed by atoms with Crippen LogP contribution in [-0.2, 0) is 0 Å². The molecular weight excluding hydrogens is 244 g/mol. The quantitative estimate of drug-likeness (QED) is 0.917. The summed E-state index contributed by atoms with van der Waals surface area (Å²) in [5.41, 5.74) is 1.12. The summed E-state index contributed by atoms with van der Waals surface area (Å²) in [5, 5.41) is 6.53. The number of carbonyl (C=O) groups excluding carboxylic acids is 1. The van der Waals surface area contributed by atoms with E-state index in [4.69, 9.17) is 9.26 Å². The van der Waals surface area contributed by atoms with Crippen LogP contribution >= 0.6 is 0 Å². The van der Waals surface area contributed by atoms with Gasteiger partial charge in [-0.1, -0.05) is 5.16 Å². The molecule has 0 atom stereocenters. The van der Waals surface area contributed by atoms with E-state index in [1.54, 1.807) is 13.2 Å². The first-order chi connectivity index (χ1) is 9.10. The van der Waals surface area contributed by atoms with Crippen LogP contribution in [-0.4, -0.2) is 24.2 Å². The molecule has 1 amide bonds. The minimum Gasteiger partial charge on any atom is -0.497 e. The molecule has 0 saturated heterocycles. The lowest BCUT2D eigenvalue weighted by Crippen LogP contribution is -2.30. The molecule has 1 aromatic heterocycles. The largest absolute Gasteiger partial charge is 0.497 e. The van der Waals surface area contributed by atoms with Gasteiger partial charge in [0.05, 0.1) is 7.11 Å². The Labute approximate surface area is 111 Å². The molecule has 0 aliphatic carbocycles. The molecule has 5 heteroatoms. The number of hydrogen-bond acceptors (Lipinski definition) is 4. The summed E-state index contributed by atoms with van der Waals surface area (Å²) in [5.74, 6) is 1.08. The third-order valence-electron chi connectivity index (χ3n) is 2.54. The molecule has 100 valence electrons. The van der Waals surface area contributed by atoms with Crippen molar-refractivity contribution in [2.45, 2.75) is 19.9 Å². The van der Waals surface area contributed by atoms with Crippen molar-refractivity contribution in [3.05, 3.63) is 36.0 Å². The van der Waals surface area contributed by atoms with Crippen LogP contribution in [0.2, 0.25) is 0 Å². The average Bonchev–Trinajstić information content (AvgIpc) is 2.88. The Hall–Kier alpha value is -2.30.